The van der Waals surface area contributed by atoms with Crippen molar-refractivity contribution in [2.45, 2.75) is 24.9 Å². The molecule has 4 rings (SSSR count). The summed E-state index contributed by atoms with van der Waals surface area (Å²) in [6, 6.07) is 25.4. The van der Waals surface area contributed by atoms with Crippen molar-refractivity contribution in [3.63, 3.8) is 0 Å². The molecule has 1 saturated heterocycles. The predicted octanol–water partition coefficient (Wildman–Crippen LogP) is 3.92. The van der Waals surface area contributed by atoms with Crippen LogP contribution in [-0.4, -0.2) is 41.7 Å². The SMILES string of the molecule is COc1cc(CC2(C)NCCN(C(c3ccccc3)c3ccccc3)C2=O)ccc1O. The summed E-state index contributed by atoms with van der Waals surface area (Å²) in [5.41, 5.74) is 2.35. The molecule has 1 unspecified atom stereocenters. The van der Waals surface area contributed by atoms with Crippen molar-refractivity contribution >= 4 is 5.91 Å². The quantitative estimate of drug-likeness (QED) is 0.639. The van der Waals surface area contributed by atoms with E-state index in [1.807, 2.05) is 54.3 Å². The molecular weight excluding hydrogens is 388 g/mol. The third kappa shape index (κ3) is 4.28. The summed E-state index contributed by atoms with van der Waals surface area (Å²) in [6.07, 6.45) is 0.495. The number of carbonyl (C=O) groups excluding carboxylic acids is 1. The van der Waals surface area contributed by atoms with Gasteiger partial charge >= 0.3 is 0 Å². The molecule has 0 bridgehead atoms. The maximum atomic E-state index is 13.8. The van der Waals surface area contributed by atoms with E-state index >= 15 is 0 Å². The fourth-order valence-corrected chi connectivity index (χ4v) is 4.39. The molecule has 31 heavy (non-hydrogen) atoms. The van der Waals surface area contributed by atoms with Gasteiger partial charge < -0.3 is 20.1 Å². The lowest BCUT2D eigenvalue weighted by atomic mass is 9.87. The van der Waals surface area contributed by atoms with Crippen molar-refractivity contribution in [3.8, 4) is 11.5 Å². The second-order valence-corrected chi connectivity index (χ2v) is 8.16. The molecule has 3 aromatic rings. The second-order valence-electron chi connectivity index (χ2n) is 8.16. The molecule has 5 heteroatoms. The lowest BCUT2D eigenvalue weighted by molar-refractivity contribution is -0.142. The maximum absolute atomic E-state index is 13.8. The van der Waals surface area contributed by atoms with Gasteiger partial charge in [-0.3, -0.25) is 4.79 Å². The van der Waals surface area contributed by atoms with E-state index in [-0.39, 0.29) is 17.7 Å². The summed E-state index contributed by atoms with van der Waals surface area (Å²) >= 11 is 0. The number of piperazine rings is 1. The molecule has 1 amide bonds. The Kier molecular flexibility index (Phi) is 5.96. The van der Waals surface area contributed by atoms with Gasteiger partial charge in [-0.25, -0.2) is 0 Å². The van der Waals surface area contributed by atoms with Gasteiger partial charge in [-0.1, -0.05) is 66.7 Å². The van der Waals surface area contributed by atoms with Gasteiger partial charge in [0, 0.05) is 13.1 Å². The molecule has 3 aromatic carbocycles. The lowest BCUT2D eigenvalue weighted by Gasteiger charge is -2.44. The predicted molar refractivity (Wildman–Crippen MR) is 121 cm³/mol. The van der Waals surface area contributed by atoms with E-state index in [1.54, 1.807) is 12.1 Å². The van der Waals surface area contributed by atoms with E-state index in [2.05, 4.69) is 29.6 Å². The monoisotopic (exact) mass is 416 g/mol. The van der Waals surface area contributed by atoms with Crippen LogP contribution >= 0.6 is 0 Å². The highest BCUT2D eigenvalue weighted by molar-refractivity contribution is 5.88. The Morgan fingerprint density at radius 3 is 2.23 bits per heavy atom. The molecule has 1 fully saturated rings. The molecule has 0 aliphatic carbocycles. The van der Waals surface area contributed by atoms with Crippen LogP contribution in [0.15, 0.2) is 78.9 Å². The molecule has 1 atom stereocenters. The Morgan fingerprint density at radius 2 is 1.65 bits per heavy atom. The van der Waals surface area contributed by atoms with E-state index in [9.17, 15) is 9.90 Å². The molecule has 2 N–H and O–H groups in total. The Hall–Kier alpha value is -3.31. The Balaban J connectivity index is 1.67. The molecule has 0 spiro atoms. The first kappa shape index (κ1) is 20.9. The van der Waals surface area contributed by atoms with Crippen molar-refractivity contribution in [2.24, 2.45) is 0 Å². The van der Waals surface area contributed by atoms with Gasteiger partial charge in [0.05, 0.1) is 18.7 Å². The van der Waals surface area contributed by atoms with Crippen molar-refractivity contribution in [1.29, 1.82) is 0 Å². The summed E-state index contributed by atoms with van der Waals surface area (Å²) in [5, 5.41) is 13.3. The lowest BCUT2D eigenvalue weighted by Crippen LogP contribution is -2.64. The van der Waals surface area contributed by atoms with Crippen LogP contribution in [0.3, 0.4) is 0 Å². The minimum Gasteiger partial charge on any atom is -0.504 e. The van der Waals surface area contributed by atoms with Crippen LogP contribution in [0.4, 0.5) is 0 Å². The normalized spacial score (nSPS) is 18.9. The van der Waals surface area contributed by atoms with Crippen molar-refractivity contribution in [1.82, 2.24) is 10.2 Å². The molecule has 1 aliphatic heterocycles. The first-order valence-electron chi connectivity index (χ1n) is 10.5. The number of amides is 1. The third-order valence-electron chi connectivity index (χ3n) is 5.94. The fourth-order valence-electron chi connectivity index (χ4n) is 4.39. The molecule has 5 nitrogen and oxygen atoms in total. The van der Waals surface area contributed by atoms with Crippen molar-refractivity contribution < 1.29 is 14.6 Å². The number of hydrogen-bond donors (Lipinski definition) is 2. The first-order chi connectivity index (χ1) is 15.0. The molecule has 0 aromatic heterocycles. The maximum Gasteiger partial charge on any atom is 0.243 e. The molecule has 0 saturated carbocycles. The summed E-state index contributed by atoms with van der Waals surface area (Å²) in [4.78, 5) is 15.8. The van der Waals surface area contributed by atoms with E-state index in [0.717, 1.165) is 16.7 Å². The van der Waals surface area contributed by atoms with Crippen LogP contribution in [0, 0.1) is 0 Å². The summed E-state index contributed by atoms with van der Waals surface area (Å²) in [5.74, 6) is 0.560. The van der Waals surface area contributed by atoms with Crippen LogP contribution < -0.4 is 10.1 Å². The number of methoxy groups -OCH3 is 1. The van der Waals surface area contributed by atoms with E-state index in [1.165, 1.54) is 7.11 Å². The van der Waals surface area contributed by atoms with Crippen LogP contribution in [0.5, 0.6) is 11.5 Å². The number of nitrogens with one attached hydrogen (secondary N) is 1. The number of rotatable bonds is 6. The van der Waals surface area contributed by atoms with Gasteiger partial charge in [0.25, 0.3) is 0 Å². The number of phenolic OH excluding ortho intramolecular Hbond substituents is 1. The highest BCUT2D eigenvalue weighted by Crippen LogP contribution is 2.34. The zero-order chi connectivity index (χ0) is 21.8. The zero-order valence-electron chi connectivity index (χ0n) is 17.9. The van der Waals surface area contributed by atoms with Gasteiger partial charge in [-0.05, 0) is 42.2 Å². The Labute approximate surface area is 183 Å². The van der Waals surface area contributed by atoms with Crippen molar-refractivity contribution in [3.05, 3.63) is 95.6 Å². The van der Waals surface area contributed by atoms with Gasteiger partial charge in [0.1, 0.15) is 0 Å². The summed E-state index contributed by atoms with van der Waals surface area (Å²) < 4.78 is 5.24. The molecular formula is C26H28N2O3. The van der Waals surface area contributed by atoms with E-state index in [4.69, 9.17) is 4.74 Å². The van der Waals surface area contributed by atoms with E-state index < -0.39 is 5.54 Å². The largest absolute Gasteiger partial charge is 0.504 e. The first-order valence-corrected chi connectivity index (χ1v) is 10.5. The number of nitrogens with zero attached hydrogens (tertiary/aromatic N) is 1. The van der Waals surface area contributed by atoms with Crippen LogP contribution in [0.2, 0.25) is 0 Å². The standard InChI is InChI=1S/C26H28N2O3/c1-26(18-19-13-14-22(29)23(17-19)31-2)25(30)28(16-15-27-26)24(20-9-5-3-6-10-20)21-11-7-4-8-12-21/h3-14,17,24,27,29H,15-16,18H2,1-2H3. The summed E-state index contributed by atoms with van der Waals surface area (Å²) in [7, 11) is 1.52. The number of aromatic hydroxyl groups is 1. The van der Waals surface area contributed by atoms with Crippen LogP contribution in [0.25, 0.3) is 0 Å². The zero-order valence-corrected chi connectivity index (χ0v) is 17.9. The Morgan fingerprint density at radius 1 is 1.03 bits per heavy atom. The van der Waals surface area contributed by atoms with E-state index in [0.29, 0.717) is 25.3 Å². The number of hydrogen-bond acceptors (Lipinski definition) is 4. The Bertz CT molecular complexity index is 1000. The second kappa shape index (κ2) is 8.82. The molecule has 0 radical (unpaired) electrons. The number of carbonyl (C=O) groups is 1. The molecule has 160 valence electrons. The van der Waals surface area contributed by atoms with Crippen molar-refractivity contribution in [2.75, 3.05) is 20.2 Å². The average Bonchev–Trinajstić information content (AvgIpc) is 2.80. The molecule has 1 heterocycles. The number of benzene rings is 3. The van der Waals surface area contributed by atoms with Gasteiger partial charge in [0.2, 0.25) is 5.91 Å². The summed E-state index contributed by atoms with van der Waals surface area (Å²) in [6.45, 7) is 3.28. The average molecular weight is 417 g/mol. The third-order valence-corrected chi connectivity index (χ3v) is 5.94. The van der Waals surface area contributed by atoms with Gasteiger partial charge in [-0.15, -0.1) is 0 Å². The number of phenols is 1. The van der Waals surface area contributed by atoms with Gasteiger partial charge in [0.15, 0.2) is 11.5 Å². The van der Waals surface area contributed by atoms with Crippen LogP contribution in [0.1, 0.15) is 29.7 Å². The minimum absolute atomic E-state index is 0.0588. The smallest absolute Gasteiger partial charge is 0.243 e. The highest BCUT2D eigenvalue weighted by Gasteiger charge is 2.42. The topological polar surface area (TPSA) is 61.8 Å². The van der Waals surface area contributed by atoms with Gasteiger partial charge in [-0.2, -0.15) is 0 Å². The molecule has 1 aliphatic rings. The minimum atomic E-state index is -0.762. The fraction of sp³-hybridized carbons (Fsp3) is 0.269. The number of ether oxygens (including phenoxy) is 1. The highest BCUT2D eigenvalue weighted by atomic mass is 16.5. The van der Waals surface area contributed by atoms with Crippen LogP contribution in [-0.2, 0) is 11.2 Å².